The Labute approximate surface area is 78.1 Å². The highest BCUT2D eigenvalue weighted by atomic mass is 14.1. The molecule has 1 unspecified atom stereocenters. The van der Waals surface area contributed by atoms with Gasteiger partial charge in [0.25, 0.3) is 0 Å². The lowest BCUT2D eigenvalue weighted by Gasteiger charge is -2.14. The van der Waals surface area contributed by atoms with Crippen molar-refractivity contribution in [2.75, 3.05) is 0 Å². The maximum Gasteiger partial charge on any atom is -0.0263 e. The maximum atomic E-state index is 2.40. The molecule has 0 amide bonds. The van der Waals surface area contributed by atoms with Gasteiger partial charge in [0.1, 0.15) is 0 Å². The van der Waals surface area contributed by atoms with Gasteiger partial charge in [0, 0.05) is 0 Å². The van der Waals surface area contributed by atoms with Gasteiger partial charge in [-0.2, -0.15) is 0 Å². The summed E-state index contributed by atoms with van der Waals surface area (Å²) in [6.07, 6.45) is 3.64. The Morgan fingerprint density at radius 1 is 1.08 bits per heavy atom. The summed E-state index contributed by atoms with van der Waals surface area (Å²) in [5.74, 6) is 2.34. The molecule has 1 atom stereocenters. The molecule has 0 spiro atoms. The molecule has 0 radical (unpaired) electrons. The van der Waals surface area contributed by atoms with Gasteiger partial charge < -0.3 is 0 Å². The molecule has 0 saturated carbocycles. The van der Waals surface area contributed by atoms with Crippen LogP contribution in [0.25, 0.3) is 0 Å². The summed E-state index contributed by atoms with van der Waals surface area (Å²) in [5.41, 5.74) is 1.53. The molecule has 72 valence electrons. The quantitative estimate of drug-likeness (QED) is 0.550. The number of hydrogen-bond acceptors (Lipinski definition) is 0. The Hall–Kier alpha value is -0.260. The van der Waals surface area contributed by atoms with Crippen molar-refractivity contribution in [3.8, 4) is 0 Å². The van der Waals surface area contributed by atoms with E-state index in [-0.39, 0.29) is 0 Å². The number of hydrogen-bond donors (Lipinski definition) is 0. The van der Waals surface area contributed by atoms with Gasteiger partial charge in [-0.05, 0) is 31.1 Å². The predicted molar refractivity (Wildman–Crippen MR) is 57.2 cm³/mol. The first-order valence-corrected chi connectivity index (χ1v) is 5.11. The van der Waals surface area contributed by atoms with Gasteiger partial charge in [-0.25, -0.2) is 0 Å². The normalized spacial score (nSPS) is 15.8. The maximum absolute atomic E-state index is 2.40. The van der Waals surface area contributed by atoms with Crippen LogP contribution >= 0.6 is 0 Å². The van der Waals surface area contributed by atoms with Crippen molar-refractivity contribution in [3.05, 3.63) is 11.6 Å². The molecule has 0 aromatic carbocycles. The number of rotatable bonds is 4. The van der Waals surface area contributed by atoms with Gasteiger partial charge >= 0.3 is 0 Å². The molecule has 0 bridgehead atoms. The first kappa shape index (κ1) is 11.7. The van der Waals surface area contributed by atoms with E-state index in [1.54, 1.807) is 0 Å². The van der Waals surface area contributed by atoms with Gasteiger partial charge in [-0.3, -0.25) is 0 Å². The molecule has 0 aliphatic heterocycles. The van der Waals surface area contributed by atoms with E-state index in [2.05, 4.69) is 47.6 Å². The van der Waals surface area contributed by atoms with Crippen LogP contribution in [0.2, 0.25) is 0 Å². The third kappa shape index (κ3) is 4.58. The molecular formula is C12H24. The Balaban J connectivity index is 3.87. The van der Waals surface area contributed by atoms with Crippen molar-refractivity contribution in [1.29, 1.82) is 0 Å². The van der Waals surface area contributed by atoms with Crippen LogP contribution in [0, 0.1) is 17.8 Å². The first-order chi connectivity index (χ1) is 5.45. The molecule has 0 N–H and O–H groups in total. The lowest BCUT2D eigenvalue weighted by Crippen LogP contribution is -2.02. The summed E-state index contributed by atoms with van der Waals surface area (Å²) < 4.78 is 0. The Morgan fingerprint density at radius 2 is 1.58 bits per heavy atom. The summed E-state index contributed by atoms with van der Waals surface area (Å²) >= 11 is 0. The third-order valence-corrected chi connectivity index (χ3v) is 2.86. The molecule has 0 fully saturated rings. The smallest absolute Gasteiger partial charge is 0.0263 e. The predicted octanol–water partition coefficient (Wildman–Crippen LogP) is 4.27. The molecule has 0 heterocycles. The Bertz CT molecular complexity index is 140. The lowest BCUT2D eigenvalue weighted by atomic mass is 9.92. The van der Waals surface area contributed by atoms with Crippen molar-refractivity contribution < 1.29 is 0 Å². The largest absolute Gasteiger partial charge is 0.0851 e. The Morgan fingerprint density at radius 3 is 1.92 bits per heavy atom. The van der Waals surface area contributed by atoms with E-state index in [0.717, 1.165) is 11.8 Å². The fourth-order valence-corrected chi connectivity index (χ4v) is 0.880. The summed E-state index contributed by atoms with van der Waals surface area (Å²) in [5, 5.41) is 0. The van der Waals surface area contributed by atoms with E-state index >= 15 is 0 Å². The van der Waals surface area contributed by atoms with Gasteiger partial charge in [0.15, 0.2) is 0 Å². The molecule has 0 nitrogen and oxygen atoms in total. The summed E-state index contributed by atoms with van der Waals surface area (Å²) in [7, 11) is 0. The van der Waals surface area contributed by atoms with Crippen molar-refractivity contribution in [2.45, 2.75) is 48.0 Å². The second kappa shape index (κ2) is 5.40. The molecule has 0 rings (SSSR count). The topological polar surface area (TPSA) is 0 Å². The minimum atomic E-state index is 0.712. The molecule has 0 saturated heterocycles. The van der Waals surface area contributed by atoms with Crippen LogP contribution in [0.3, 0.4) is 0 Å². The van der Waals surface area contributed by atoms with Gasteiger partial charge in [-0.1, -0.05) is 46.3 Å². The average Bonchev–Trinajstić information content (AvgIpc) is 1.98. The molecule has 12 heavy (non-hydrogen) atoms. The van der Waals surface area contributed by atoms with Crippen LogP contribution in [0.4, 0.5) is 0 Å². The lowest BCUT2D eigenvalue weighted by molar-refractivity contribution is 0.422. The molecule has 0 heteroatoms. The average molecular weight is 168 g/mol. The zero-order valence-corrected chi connectivity index (χ0v) is 9.52. The van der Waals surface area contributed by atoms with Crippen molar-refractivity contribution >= 4 is 0 Å². The van der Waals surface area contributed by atoms with Crippen LogP contribution in [0.15, 0.2) is 11.6 Å². The van der Waals surface area contributed by atoms with Gasteiger partial charge in [0.2, 0.25) is 0 Å². The SMILES string of the molecule is CC(=CCC(C)C(C)C)C(C)C. The molecular weight excluding hydrogens is 144 g/mol. The van der Waals surface area contributed by atoms with Crippen molar-refractivity contribution in [1.82, 2.24) is 0 Å². The monoisotopic (exact) mass is 168 g/mol. The highest BCUT2D eigenvalue weighted by molar-refractivity contribution is 5.01. The standard InChI is InChI=1S/C12H24/c1-9(2)11(5)7-8-12(6)10(3)4/h7,9-10,12H,8H2,1-6H3. The van der Waals surface area contributed by atoms with Crippen LogP contribution in [-0.4, -0.2) is 0 Å². The van der Waals surface area contributed by atoms with Crippen molar-refractivity contribution in [3.63, 3.8) is 0 Å². The second-order valence-corrected chi connectivity index (χ2v) is 4.56. The fraction of sp³-hybridized carbons (Fsp3) is 0.833. The third-order valence-electron chi connectivity index (χ3n) is 2.86. The van der Waals surface area contributed by atoms with E-state index in [1.807, 2.05) is 0 Å². The Kier molecular flexibility index (Phi) is 5.28. The van der Waals surface area contributed by atoms with Crippen molar-refractivity contribution in [2.24, 2.45) is 17.8 Å². The number of allylic oxidation sites excluding steroid dienone is 2. The van der Waals surface area contributed by atoms with E-state index in [4.69, 9.17) is 0 Å². The van der Waals surface area contributed by atoms with E-state index in [1.165, 1.54) is 12.0 Å². The van der Waals surface area contributed by atoms with Gasteiger partial charge in [-0.15, -0.1) is 0 Å². The van der Waals surface area contributed by atoms with Crippen LogP contribution < -0.4 is 0 Å². The van der Waals surface area contributed by atoms with Gasteiger partial charge in [0.05, 0.1) is 0 Å². The van der Waals surface area contributed by atoms with E-state index in [9.17, 15) is 0 Å². The van der Waals surface area contributed by atoms with Crippen LogP contribution in [0.1, 0.15) is 48.0 Å². The minimum absolute atomic E-state index is 0.712. The zero-order chi connectivity index (χ0) is 9.72. The van der Waals surface area contributed by atoms with E-state index in [0.29, 0.717) is 5.92 Å². The summed E-state index contributed by atoms with van der Waals surface area (Å²) in [6, 6.07) is 0. The van der Waals surface area contributed by atoms with Crippen LogP contribution in [-0.2, 0) is 0 Å². The summed E-state index contributed by atoms with van der Waals surface area (Å²) in [4.78, 5) is 0. The second-order valence-electron chi connectivity index (χ2n) is 4.56. The molecule has 0 aromatic heterocycles. The molecule has 0 aliphatic rings. The van der Waals surface area contributed by atoms with Crippen LogP contribution in [0.5, 0.6) is 0 Å². The first-order valence-electron chi connectivity index (χ1n) is 5.11. The highest BCUT2D eigenvalue weighted by Gasteiger charge is 2.05. The minimum Gasteiger partial charge on any atom is -0.0851 e. The fourth-order valence-electron chi connectivity index (χ4n) is 0.880. The van der Waals surface area contributed by atoms with E-state index < -0.39 is 0 Å². The summed E-state index contributed by atoms with van der Waals surface area (Å²) in [6.45, 7) is 13.7. The molecule has 0 aromatic rings. The zero-order valence-electron chi connectivity index (χ0n) is 9.52. The highest BCUT2D eigenvalue weighted by Crippen LogP contribution is 2.17. The molecule has 0 aliphatic carbocycles.